The van der Waals surface area contributed by atoms with Crippen LogP contribution in [0.5, 0.6) is 0 Å². The fourth-order valence-corrected chi connectivity index (χ4v) is 4.69. The number of aliphatic hydroxyl groups excluding tert-OH is 1. The van der Waals surface area contributed by atoms with E-state index in [1.165, 1.54) is 10.4 Å². The number of nitrogens with zero attached hydrogens (tertiary/aromatic N) is 1. The van der Waals surface area contributed by atoms with Gasteiger partial charge in [0, 0.05) is 17.1 Å². The highest BCUT2D eigenvalue weighted by molar-refractivity contribution is 9.10. The molecule has 20 heavy (non-hydrogen) atoms. The average Bonchev–Trinajstić information content (AvgIpc) is 2.35. The number of aliphatic hydroxyl groups is 1. The molecule has 0 aliphatic rings. The van der Waals surface area contributed by atoms with Crippen LogP contribution in [0.25, 0.3) is 0 Å². The van der Waals surface area contributed by atoms with Crippen LogP contribution in [0, 0.1) is 5.92 Å². The standard InChI is InChI=1S/C14H22BrNO3S/c1-10(2)8-16(11(3)4)20(18,19)14-7-12(9-17)5-6-13(14)15/h5-7,10-11,17H,8-9H2,1-4H3. The summed E-state index contributed by atoms with van der Waals surface area (Å²) in [4.78, 5) is 0.207. The van der Waals surface area contributed by atoms with Crippen LogP contribution in [0.2, 0.25) is 0 Å². The highest BCUT2D eigenvalue weighted by atomic mass is 79.9. The van der Waals surface area contributed by atoms with E-state index in [1.807, 2.05) is 27.7 Å². The molecular weight excluding hydrogens is 342 g/mol. The second-order valence-corrected chi connectivity index (χ2v) is 8.20. The van der Waals surface area contributed by atoms with E-state index in [2.05, 4.69) is 15.9 Å². The lowest BCUT2D eigenvalue weighted by atomic mass is 10.2. The van der Waals surface area contributed by atoms with Crippen LogP contribution in [0.4, 0.5) is 0 Å². The Balaban J connectivity index is 3.32. The summed E-state index contributed by atoms with van der Waals surface area (Å²) in [6.07, 6.45) is 0. The number of halogens is 1. The molecule has 0 heterocycles. The normalized spacial score (nSPS) is 12.7. The summed E-state index contributed by atoms with van der Waals surface area (Å²) in [5.74, 6) is 0.243. The van der Waals surface area contributed by atoms with Gasteiger partial charge in [-0.1, -0.05) is 19.9 Å². The molecule has 6 heteroatoms. The minimum absolute atomic E-state index is 0.118. The van der Waals surface area contributed by atoms with Crippen LogP contribution in [0.3, 0.4) is 0 Å². The van der Waals surface area contributed by atoms with E-state index in [-0.39, 0.29) is 23.5 Å². The maximum atomic E-state index is 12.8. The van der Waals surface area contributed by atoms with Gasteiger partial charge in [-0.3, -0.25) is 0 Å². The first kappa shape index (κ1) is 17.6. The first-order valence-electron chi connectivity index (χ1n) is 6.61. The summed E-state index contributed by atoms with van der Waals surface area (Å²) in [6, 6.07) is 4.76. The van der Waals surface area contributed by atoms with Gasteiger partial charge in [-0.15, -0.1) is 0 Å². The maximum absolute atomic E-state index is 12.8. The molecule has 0 amide bonds. The highest BCUT2D eigenvalue weighted by Crippen LogP contribution is 2.28. The van der Waals surface area contributed by atoms with Crippen LogP contribution >= 0.6 is 15.9 Å². The van der Waals surface area contributed by atoms with E-state index < -0.39 is 10.0 Å². The van der Waals surface area contributed by atoms with Gasteiger partial charge in [0.25, 0.3) is 0 Å². The molecule has 1 N–H and O–H groups in total. The molecule has 1 aromatic carbocycles. The molecule has 0 aliphatic heterocycles. The number of hydrogen-bond acceptors (Lipinski definition) is 3. The van der Waals surface area contributed by atoms with Crippen molar-refractivity contribution in [2.75, 3.05) is 6.54 Å². The predicted octanol–water partition coefficient (Wildman–Crippen LogP) is 3.00. The van der Waals surface area contributed by atoms with Crippen molar-refractivity contribution in [2.24, 2.45) is 5.92 Å². The van der Waals surface area contributed by atoms with Crippen LogP contribution in [-0.4, -0.2) is 30.4 Å². The number of benzene rings is 1. The van der Waals surface area contributed by atoms with Crippen molar-refractivity contribution in [3.05, 3.63) is 28.2 Å². The summed E-state index contributed by atoms with van der Waals surface area (Å²) in [7, 11) is -3.58. The van der Waals surface area contributed by atoms with Crippen LogP contribution in [0.15, 0.2) is 27.6 Å². The molecule has 0 radical (unpaired) electrons. The lowest BCUT2D eigenvalue weighted by Gasteiger charge is -2.28. The van der Waals surface area contributed by atoms with Gasteiger partial charge >= 0.3 is 0 Å². The Hall–Kier alpha value is -0.430. The van der Waals surface area contributed by atoms with Crippen molar-refractivity contribution >= 4 is 26.0 Å². The fourth-order valence-electron chi connectivity index (χ4n) is 1.92. The third kappa shape index (κ3) is 4.04. The second kappa shape index (κ2) is 7.02. The Labute approximate surface area is 130 Å². The number of sulfonamides is 1. The molecule has 0 spiro atoms. The van der Waals surface area contributed by atoms with Gasteiger partial charge in [0.2, 0.25) is 10.0 Å². The molecule has 0 saturated carbocycles. The molecular formula is C14H22BrNO3S. The number of hydrogen-bond donors (Lipinski definition) is 1. The average molecular weight is 364 g/mol. The topological polar surface area (TPSA) is 57.6 Å². The first-order chi connectivity index (χ1) is 9.20. The van der Waals surface area contributed by atoms with Crippen molar-refractivity contribution in [3.63, 3.8) is 0 Å². The molecule has 0 unspecified atom stereocenters. The Morgan fingerprint density at radius 1 is 1.25 bits per heavy atom. The first-order valence-corrected chi connectivity index (χ1v) is 8.84. The van der Waals surface area contributed by atoms with E-state index in [4.69, 9.17) is 0 Å². The lowest BCUT2D eigenvalue weighted by molar-refractivity contribution is 0.281. The second-order valence-electron chi connectivity index (χ2n) is 5.49. The van der Waals surface area contributed by atoms with Crippen molar-refractivity contribution in [1.82, 2.24) is 4.31 Å². The molecule has 1 aromatic rings. The van der Waals surface area contributed by atoms with E-state index in [1.54, 1.807) is 12.1 Å². The zero-order chi connectivity index (χ0) is 15.5. The Bertz CT molecular complexity index is 556. The Kier molecular flexibility index (Phi) is 6.19. The maximum Gasteiger partial charge on any atom is 0.244 e. The Morgan fingerprint density at radius 2 is 1.85 bits per heavy atom. The van der Waals surface area contributed by atoms with E-state index in [0.717, 1.165) is 0 Å². The summed E-state index contributed by atoms with van der Waals surface area (Å²) in [5.41, 5.74) is 0.583. The van der Waals surface area contributed by atoms with Crippen molar-refractivity contribution < 1.29 is 13.5 Å². The fraction of sp³-hybridized carbons (Fsp3) is 0.571. The molecule has 114 valence electrons. The van der Waals surface area contributed by atoms with Gasteiger partial charge in [0.1, 0.15) is 0 Å². The SMILES string of the molecule is CC(C)CN(C(C)C)S(=O)(=O)c1cc(CO)ccc1Br. The van der Waals surface area contributed by atoms with Crippen LogP contribution < -0.4 is 0 Å². The Morgan fingerprint density at radius 3 is 2.30 bits per heavy atom. The van der Waals surface area contributed by atoms with Gasteiger partial charge in [0.05, 0.1) is 11.5 Å². The molecule has 0 aliphatic carbocycles. The summed E-state index contributed by atoms with van der Waals surface area (Å²) in [5, 5.41) is 9.19. The minimum atomic E-state index is -3.58. The molecule has 1 rings (SSSR count). The lowest BCUT2D eigenvalue weighted by Crippen LogP contribution is -2.39. The molecule has 4 nitrogen and oxygen atoms in total. The summed E-state index contributed by atoms with van der Waals surface area (Å²) < 4.78 is 27.6. The van der Waals surface area contributed by atoms with Gasteiger partial charge < -0.3 is 5.11 Å². The quantitative estimate of drug-likeness (QED) is 0.844. The highest BCUT2D eigenvalue weighted by Gasteiger charge is 2.29. The van der Waals surface area contributed by atoms with Gasteiger partial charge in [-0.2, -0.15) is 4.31 Å². The van der Waals surface area contributed by atoms with Gasteiger partial charge in [0.15, 0.2) is 0 Å². The van der Waals surface area contributed by atoms with E-state index in [9.17, 15) is 13.5 Å². The zero-order valence-corrected chi connectivity index (χ0v) is 14.7. The van der Waals surface area contributed by atoms with Gasteiger partial charge in [-0.05, 0) is 53.4 Å². The van der Waals surface area contributed by atoms with E-state index in [0.29, 0.717) is 16.6 Å². The monoisotopic (exact) mass is 363 g/mol. The summed E-state index contributed by atoms with van der Waals surface area (Å²) >= 11 is 3.29. The van der Waals surface area contributed by atoms with Gasteiger partial charge in [-0.25, -0.2) is 8.42 Å². The van der Waals surface area contributed by atoms with E-state index >= 15 is 0 Å². The van der Waals surface area contributed by atoms with Crippen molar-refractivity contribution in [2.45, 2.75) is 45.2 Å². The van der Waals surface area contributed by atoms with Crippen LogP contribution in [-0.2, 0) is 16.6 Å². The third-order valence-electron chi connectivity index (χ3n) is 2.89. The largest absolute Gasteiger partial charge is 0.392 e. The minimum Gasteiger partial charge on any atom is -0.392 e. The molecule has 0 aromatic heterocycles. The smallest absolute Gasteiger partial charge is 0.244 e. The zero-order valence-electron chi connectivity index (χ0n) is 12.3. The third-order valence-corrected chi connectivity index (χ3v) is 5.92. The van der Waals surface area contributed by atoms with Crippen molar-refractivity contribution in [1.29, 1.82) is 0 Å². The summed E-state index contributed by atoms with van der Waals surface area (Å²) in [6.45, 7) is 8.00. The molecule has 0 fully saturated rings. The molecule has 0 bridgehead atoms. The molecule has 0 atom stereocenters. The molecule has 0 saturated heterocycles. The predicted molar refractivity (Wildman–Crippen MR) is 83.9 cm³/mol. The number of rotatable bonds is 6. The van der Waals surface area contributed by atoms with Crippen LogP contribution in [0.1, 0.15) is 33.3 Å². The van der Waals surface area contributed by atoms with Crippen molar-refractivity contribution in [3.8, 4) is 0 Å².